The maximum atomic E-state index is 9.95. The molecule has 0 fully saturated rings. The Labute approximate surface area is 172 Å². The topological polar surface area (TPSA) is 67.4 Å². The summed E-state index contributed by atoms with van der Waals surface area (Å²) in [7, 11) is -1.83. The minimum atomic E-state index is -3.90. The Morgan fingerprint density at radius 2 is 1.36 bits per heavy atom. The third-order valence-corrected chi connectivity index (χ3v) is 5.63. The normalized spacial score (nSPS) is 11.3. The molecule has 0 amide bonds. The highest BCUT2D eigenvalue weighted by Crippen LogP contribution is 2.34. The van der Waals surface area contributed by atoms with Crippen LogP contribution in [0.3, 0.4) is 0 Å². The molecule has 0 bridgehead atoms. The van der Waals surface area contributed by atoms with Gasteiger partial charge in [-0.25, -0.2) is 9.13 Å². The summed E-state index contributed by atoms with van der Waals surface area (Å²) < 4.78 is 22.3. The van der Waals surface area contributed by atoms with E-state index in [1.165, 1.54) is 90.1 Å². The third-order valence-electron chi connectivity index (χ3n) is 4.73. The van der Waals surface area contributed by atoms with Crippen LogP contribution in [0.2, 0.25) is 0 Å². The molecule has 1 heterocycles. The molecule has 1 aromatic heterocycles. The van der Waals surface area contributed by atoms with Crippen molar-refractivity contribution in [3.63, 3.8) is 0 Å². The summed E-state index contributed by atoms with van der Waals surface area (Å²) in [6.45, 7) is 6.90. The van der Waals surface area contributed by atoms with Gasteiger partial charge in [0.05, 0.1) is 13.1 Å². The Hall–Kier alpha value is -0.680. The number of aryl methyl sites for hydroxylation is 2. The van der Waals surface area contributed by atoms with Crippen molar-refractivity contribution in [2.45, 2.75) is 104 Å². The van der Waals surface area contributed by atoms with E-state index in [9.17, 15) is 9.46 Å². The number of hydrogen-bond acceptors (Lipinski definition) is 4. The molecule has 0 aliphatic rings. The molecule has 1 rings (SSSR count). The molecule has 0 radical (unpaired) electrons. The Balaban J connectivity index is 0.000000887. The van der Waals surface area contributed by atoms with E-state index in [4.69, 9.17) is 0 Å². The number of aromatic nitrogens is 2. The maximum Gasteiger partial charge on any atom is 0.267 e. The second-order valence-electron chi connectivity index (χ2n) is 7.24. The second kappa shape index (κ2) is 18.4. The zero-order valence-corrected chi connectivity index (χ0v) is 19.5. The highest BCUT2D eigenvalue weighted by Gasteiger charge is 2.02. The fourth-order valence-electron chi connectivity index (χ4n) is 2.90. The Kier molecular flexibility index (Phi) is 17.9. The molecule has 6 nitrogen and oxygen atoms in total. The lowest BCUT2D eigenvalue weighted by Gasteiger charge is -2.16. The van der Waals surface area contributed by atoms with Gasteiger partial charge in [-0.2, -0.15) is 0 Å². The van der Waals surface area contributed by atoms with Crippen molar-refractivity contribution < 1.29 is 23.1 Å². The molecule has 0 aromatic carbocycles. The fraction of sp³-hybridized carbons (Fsp3) is 0.857. The van der Waals surface area contributed by atoms with Crippen LogP contribution in [0, 0.1) is 0 Å². The fourth-order valence-corrected chi connectivity index (χ4v) is 3.05. The zero-order valence-electron chi connectivity index (χ0n) is 18.6. The highest BCUT2D eigenvalue weighted by atomic mass is 31.2. The first-order valence-electron chi connectivity index (χ1n) is 11.0. The summed E-state index contributed by atoms with van der Waals surface area (Å²) >= 11 is 0. The van der Waals surface area contributed by atoms with E-state index in [2.05, 4.69) is 50.8 Å². The van der Waals surface area contributed by atoms with Crippen LogP contribution < -0.4 is 9.46 Å². The van der Waals surface area contributed by atoms with Crippen LogP contribution in [0.5, 0.6) is 0 Å². The van der Waals surface area contributed by atoms with Crippen LogP contribution in [0.1, 0.15) is 90.9 Å². The first kappa shape index (κ1) is 27.3. The molecule has 0 unspecified atom stereocenters. The van der Waals surface area contributed by atoms with Crippen molar-refractivity contribution in [2.24, 2.45) is 0 Å². The van der Waals surface area contributed by atoms with Gasteiger partial charge in [0.2, 0.25) is 6.33 Å². The maximum absolute atomic E-state index is 9.95. The minimum Gasteiger partial charge on any atom is -0.756 e. The van der Waals surface area contributed by atoms with Crippen LogP contribution in [-0.2, 0) is 26.7 Å². The number of nitrogens with zero attached hydrogens (tertiary/aromatic N) is 2. The average molecular weight is 419 g/mol. The average Bonchev–Trinajstić information content (AvgIpc) is 3.16. The molecule has 0 saturated heterocycles. The van der Waals surface area contributed by atoms with E-state index < -0.39 is 7.82 Å². The van der Waals surface area contributed by atoms with Crippen molar-refractivity contribution in [1.82, 2.24) is 4.57 Å². The van der Waals surface area contributed by atoms with Crippen molar-refractivity contribution in [1.29, 1.82) is 0 Å². The first-order chi connectivity index (χ1) is 13.5. The lowest BCUT2D eigenvalue weighted by atomic mass is 10.1. The highest BCUT2D eigenvalue weighted by molar-refractivity contribution is 7.45. The quantitative estimate of drug-likeness (QED) is 0.209. The van der Waals surface area contributed by atoms with E-state index in [-0.39, 0.29) is 0 Å². The van der Waals surface area contributed by atoms with Crippen LogP contribution in [-0.4, -0.2) is 18.8 Å². The number of imidazole rings is 1. The van der Waals surface area contributed by atoms with E-state index >= 15 is 0 Å². The van der Waals surface area contributed by atoms with Gasteiger partial charge in [0.1, 0.15) is 12.4 Å². The van der Waals surface area contributed by atoms with Crippen LogP contribution >= 0.6 is 7.82 Å². The zero-order chi connectivity index (χ0) is 21.1. The molecule has 0 aliphatic heterocycles. The van der Waals surface area contributed by atoms with E-state index in [1.807, 2.05) is 0 Å². The standard InChI is InChI=1S/C19H37N2.C2H7O4P/c1-3-5-7-8-9-10-11-12-13-14-16-21-18-17-20(19-21)15-6-4-2;1-5-7(3,4)6-2/h17-19H,3-16H2,1-2H3;1-2H3,(H,3,4)/q+1;/p-1. The molecule has 0 spiro atoms. The van der Waals surface area contributed by atoms with E-state index in [1.54, 1.807) is 0 Å². The molecule has 0 saturated carbocycles. The van der Waals surface area contributed by atoms with Gasteiger partial charge < -0.3 is 13.9 Å². The molecule has 166 valence electrons. The smallest absolute Gasteiger partial charge is 0.267 e. The third kappa shape index (κ3) is 16.3. The van der Waals surface area contributed by atoms with Gasteiger partial charge in [0.25, 0.3) is 7.82 Å². The summed E-state index contributed by atoms with van der Waals surface area (Å²) in [6, 6.07) is 0. The van der Waals surface area contributed by atoms with E-state index in [0.29, 0.717) is 0 Å². The number of rotatable bonds is 16. The predicted molar refractivity (Wildman–Crippen MR) is 113 cm³/mol. The van der Waals surface area contributed by atoms with Gasteiger partial charge in [-0.05, 0) is 19.3 Å². The van der Waals surface area contributed by atoms with Crippen molar-refractivity contribution in [3.05, 3.63) is 18.7 Å². The molecule has 0 N–H and O–H groups in total. The Morgan fingerprint density at radius 3 is 1.82 bits per heavy atom. The van der Waals surface area contributed by atoms with Crippen LogP contribution in [0.25, 0.3) is 0 Å². The number of unbranched alkanes of at least 4 members (excludes halogenated alkanes) is 10. The van der Waals surface area contributed by atoms with Gasteiger partial charge in [-0.3, -0.25) is 4.57 Å². The van der Waals surface area contributed by atoms with Gasteiger partial charge in [-0.1, -0.05) is 71.6 Å². The Morgan fingerprint density at radius 1 is 0.857 bits per heavy atom. The molecule has 1 aromatic rings. The lowest BCUT2D eigenvalue weighted by Crippen LogP contribution is -2.30. The largest absolute Gasteiger partial charge is 0.756 e. The summed E-state index contributed by atoms with van der Waals surface area (Å²) in [5.74, 6) is 0. The molecule has 0 aliphatic carbocycles. The molecular formula is C21H43N2O4P. The van der Waals surface area contributed by atoms with Crippen LogP contribution in [0.4, 0.5) is 0 Å². The summed E-state index contributed by atoms with van der Waals surface area (Å²) in [4.78, 5) is 9.95. The SMILES string of the molecule is CCCCCCCCCCCC[n+]1ccn(CCCC)c1.COP(=O)([O-])OC. The van der Waals surface area contributed by atoms with Crippen molar-refractivity contribution >= 4 is 7.82 Å². The van der Waals surface area contributed by atoms with Gasteiger partial charge >= 0.3 is 0 Å². The van der Waals surface area contributed by atoms with Gasteiger partial charge in [-0.15, -0.1) is 0 Å². The van der Waals surface area contributed by atoms with E-state index in [0.717, 1.165) is 14.2 Å². The second-order valence-corrected chi connectivity index (χ2v) is 8.86. The van der Waals surface area contributed by atoms with Crippen LogP contribution in [0.15, 0.2) is 18.7 Å². The minimum absolute atomic E-state index is 1.04. The number of hydrogen-bond donors (Lipinski definition) is 0. The molecule has 0 atom stereocenters. The molecule has 28 heavy (non-hydrogen) atoms. The van der Waals surface area contributed by atoms with Gasteiger partial charge in [0, 0.05) is 14.2 Å². The Bertz CT molecular complexity index is 500. The molecular weight excluding hydrogens is 375 g/mol. The number of phosphoric acid groups is 1. The predicted octanol–water partition coefficient (Wildman–Crippen LogP) is 5.24. The first-order valence-corrected chi connectivity index (χ1v) is 12.4. The summed E-state index contributed by atoms with van der Waals surface area (Å²) in [5.41, 5.74) is 0. The van der Waals surface area contributed by atoms with Crippen molar-refractivity contribution in [2.75, 3.05) is 14.2 Å². The number of phosphoric ester groups is 1. The summed E-state index contributed by atoms with van der Waals surface area (Å²) in [5, 5.41) is 0. The molecule has 7 heteroatoms. The van der Waals surface area contributed by atoms with Gasteiger partial charge in [0.15, 0.2) is 0 Å². The lowest BCUT2D eigenvalue weighted by molar-refractivity contribution is -0.696. The summed E-state index contributed by atoms with van der Waals surface area (Å²) in [6.07, 6.45) is 23.4. The monoisotopic (exact) mass is 418 g/mol. The van der Waals surface area contributed by atoms with Crippen molar-refractivity contribution in [3.8, 4) is 0 Å².